The summed E-state index contributed by atoms with van der Waals surface area (Å²) in [5, 5.41) is 4.84. The highest BCUT2D eigenvalue weighted by Crippen LogP contribution is 2.20. The zero-order valence-electron chi connectivity index (χ0n) is 15.8. The lowest BCUT2D eigenvalue weighted by molar-refractivity contribution is 0.0955. The quantitative estimate of drug-likeness (QED) is 0.321. The molecule has 1 N–H and O–H groups in total. The fraction of sp³-hybridized carbons (Fsp3) is 0.400. The van der Waals surface area contributed by atoms with Gasteiger partial charge in [-0.1, -0.05) is 37.7 Å². The molecule has 0 aliphatic heterocycles. The van der Waals surface area contributed by atoms with Gasteiger partial charge in [0, 0.05) is 28.9 Å². The summed E-state index contributed by atoms with van der Waals surface area (Å²) in [7, 11) is 0. The van der Waals surface area contributed by atoms with Crippen molar-refractivity contribution in [2.24, 2.45) is 11.0 Å². The molecule has 0 spiro atoms. The van der Waals surface area contributed by atoms with Crippen molar-refractivity contribution in [1.29, 1.82) is 0 Å². The number of hydrogen-bond acceptors (Lipinski definition) is 5. The van der Waals surface area contributed by atoms with Crippen molar-refractivity contribution in [3.8, 4) is 0 Å². The number of nitrogens with one attached hydrogen (secondary N) is 1. The van der Waals surface area contributed by atoms with Crippen LogP contribution < -0.4 is 5.43 Å². The third kappa shape index (κ3) is 6.26. The minimum Gasteiger partial charge on any atom is -0.267 e. The zero-order valence-corrected chi connectivity index (χ0v) is 16.6. The summed E-state index contributed by atoms with van der Waals surface area (Å²) in [6.07, 6.45) is 3.85. The second kappa shape index (κ2) is 10.1. The first-order valence-corrected chi connectivity index (χ1v) is 9.88. The zero-order chi connectivity index (χ0) is 18.9. The van der Waals surface area contributed by atoms with E-state index in [9.17, 15) is 4.79 Å². The van der Waals surface area contributed by atoms with Crippen molar-refractivity contribution in [2.45, 2.75) is 51.4 Å². The summed E-state index contributed by atoms with van der Waals surface area (Å²) in [5.74, 6) is 0.976. The molecule has 0 fully saturated rings. The summed E-state index contributed by atoms with van der Waals surface area (Å²) >= 11 is 1.59. The van der Waals surface area contributed by atoms with E-state index < -0.39 is 0 Å². The molecule has 0 saturated carbocycles. The van der Waals surface area contributed by atoms with E-state index in [4.69, 9.17) is 0 Å². The highest BCUT2D eigenvalue weighted by Gasteiger charge is 2.06. The van der Waals surface area contributed by atoms with E-state index in [2.05, 4.69) is 34.3 Å². The average Bonchev–Trinajstić information content (AvgIpc) is 2.63. The van der Waals surface area contributed by atoms with Crippen LogP contribution >= 0.6 is 11.8 Å². The minimum absolute atomic E-state index is 0.191. The Morgan fingerprint density at radius 2 is 1.77 bits per heavy atom. The van der Waals surface area contributed by atoms with Gasteiger partial charge in [-0.15, -0.1) is 0 Å². The predicted octanol–water partition coefficient (Wildman–Crippen LogP) is 4.54. The monoisotopic (exact) mass is 370 g/mol. The van der Waals surface area contributed by atoms with Crippen LogP contribution in [0.5, 0.6) is 0 Å². The van der Waals surface area contributed by atoms with Crippen molar-refractivity contribution in [1.82, 2.24) is 15.4 Å². The van der Waals surface area contributed by atoms with E-state index in [0.717, 1.165) is 40.7 Å². The average molecular weight is 371 g/mol. The van der Waals surface area contributed by atoms with Crippen LogP contribution in [0.2, 0.25) is 0 Å². The van der Waals surface area contributed by atoms with Gasteiger partial charge in [-0.25, -0.2) is 15.4 Å². The number of benzene rings is 1. The number of rotatable bonds is 8. The van der Waals surface area contributed by atoms with E-state index in [1.54, 1.807) is 11.8 Å². The molecule has 1 aromatic heterocycles. The normalized spacial score (nSPS) is 11.3. The maximum Gasteiger partial charge on any atom is 0.271 e. The van der Waals surface area contributed by atoms with E-state index in [1.807, 2.05) is 50.4 Å². The Labute approximate surface area is 159 Å². The van der Waals surface area contributed by atoms with Crippen LogP contribution in [0.1, 0.15) is 54.0 Å². The second-order valence-corrected chi connectivity index (χ2v) is 7.16. The summed E-state index contributed by atoms with van der Waals surface area (Å²) in [5.41, 5.74) is 6.26. The molecule has 0 unspecified atom stereocenters. The molecule has 1 amide bonds. The standard InChI is InChI=1S/C20H26N4OS/c1-5-16(6-2)12-21-24-19(25)18-9-7-17(8-10-18)13-26-20-22-14(3)11-15(4)23-20/h7-12,16H,5-6,13H2,1-4H3,(H,24,25)/b21-12-. The number of carbonyl (C=O) groups excluding carboxylic acids is 1. The first-order chi connectivity index (χ1) is 12.5. The largest absolute Gasteiger partial charge is 0.271 e. The topological polar surface area (TPSA) is 67.2 Å². The van der Waals surface area contributed by atoms with Gasteiger partial charge in [0.15, 0.2) is 5.16 Å². The van der Waals surface area contributed by atoms with Crippen LogP contribution in [-0.2, 0) is 5.75 Å². The lowest BCUT2D eigenvalue weighted by atomic mass is 10.1. The van der Waals surface area contributed by atoms with E-state index in [0.29, 0.717) is 11.5 Å². The lowest BCUT2D eigenvalue weighted by Gasteiger charge is -2.06. The van der Waals surface area contributed by atoms with Gasteiger partial charge in [0.1, 0.15) is 0 Å². The molecule has 6 heteroatoms. The first-order valence-electron chi connectivity index (χ1n) is 8.89. The molecule has 0 radical (unpaired) electrons. The molecule has 0 saturated heterocycles. The van der Waals surface area contributed by atoms with Crippen LogP contribution in [0, 0.1) is 19.8 Å². The highest BCUT2D eigenvalue weighted by molar-refractivity contribution is 7.98. The Balaban J connectivity index is 1.90. The molecule has 0 aliphatic rings. The number of nitrogens with zero attached hydrogens (tertiary/aromatic N) is 3. The van der Waals surface area contributed by atoms with Crippen molar-refractivity contribution < 1.29 is 4.79 Å². The van der Waals surface area contributed by atoms with Crippen LogP contribution in [-0.4, -0.2) is 22.1 Å². The van der Waals surface area contributed by atoms with Crippen molar-refractivity contribution in [2.75, 3.05) is 0 Å². The molecule has 26 heavy (non-hydrogen) atoms. The Hall–Kier alpha value is -2.21. The van der Waals surface area contributed by atoms with E-state index in [1.165, 1.54) is 0 Å². The lowest BCUT2D eigenvalue weighted by Crippen LogP contribution is -2.18. The highest BCUT2D eigenvalue weighted by atomic mass is 32.2. The SMILES string of the molecule is CCC(/C=N\NC(=O)c1ccc(CSc2nc(C)cc(C)n2)cc1)CC. The summed E-state index contributed by atoms with van der Waals surface area (Å²) in [6, 6.07) is 9.51. The van der Waals surface area contributed by atoms with Crippen molar-refractivity contribution >= 4 is 23.9 Å². The van der Waals surface area contributed by atoms with Gasteiger partial charge >= 0.3 is 0 Å². The molecule has 0 atom stereocenters. The maximum absolute atomic E-state index is 12.1. The number of aryl methyl sites for hydroxylation is 2. The van der Waals surface area contributed by atoms with Gasteiger partial charge < -0.3 is 0 Å². The molecule has 5 nitrogen and oxygen atoms in total. The predicted molar refractivity (Wildman–Crippen MR) is 108 cm³/mol. The molecular formula is C20H26N4OS. The summed E-state index contributed by atoms with van der Waals surface area (Å²) in [4.78, 5) is 21.0. The molecule has 1 heterocycles. The number of aromatic nitrogens is 2. The van der Waals surface area contributed by atoms with E-state index in [-0.39, 0.29) is 5.91 Å². The number of thioether (sulfide) groups is 1. The number of hydrazone groups is 1. The first kappa shape index (κ1) is 20.1. The summed E-state index contributed by atoms with van der Waals surface area (Å²) < 4.78 is 0. The van der Waals surface area contributed by atoms with Gasteiger partial charge in [0.05, 0.1) is 0 Å². The Kier molecular flexibility index (Phi) is 7.78. The fourth-order valence-corrected chi connectivity index (χ4v) is 3.33. The third-order valence-corrected chi connectivity index (χ3v) is 4.96. The molecule has 1 aromatic carbocycles. The molecule has 138 valence electrons. The molecule has 2 rings (SSSR count). The Bertz CT molecular complexity index is 735. The summed E-state index contributed by atoms with van der Waals surface area (Å²) in [6.45, 7) is 8.17. The van der Waals surface area contributed by atoms with Crippen molar-refractivity contribution in [3.63, 3.8) is 0 Å². The van der Waals surface area contributed by atoms with Crippen LogP contribution in [0.3, 0.4) is 0 Å². The number of carbonyl (C=O) groups is 1. The molecule has 0 bridgehead atoms. The molecule has 2 aromatic rings. The van der Waals surface area contributed by atoms with Gasteiger partial charge in [-0.3, -0.25) is 4.79 Å². The van der Waals surface area contributed by atoms with Gasteiger partial charge in [0.25, 0.3) is 5.91 Å². The maximum atomic E-state index is 12.1. The van der Waals surface area contributed by atoms with Gasteiger partial charge in [0.2, 0.25) is 0 Å². The Morgan fingerprint density at radius 3 is 2.35 bits per heavy atom. The number of amides is 1. The Morgan fingerprint density at radius 1 is 1.15 bits per heavy atom. The molecular weight excluding hydrogens is 344 g/mol. The minimum atomic E-state index is -0.191. The van der Waals surface area contributed by atoms with E-state index >= 15 is 0 Å². The molecule has 0 aliphatic carbocycles. The van der Waals surface area contributed by atoms with Crippen LogP contribution in [0.15, 0.2) is 40.6 Å². The van der Waals surface area contributed by atoms with Crippen molar-refractivity contribution in [3.05, 3.63) is 52.8 Å². The van der Waals surface area contributed by atoms with Gasteiger partial charge in [-0.2, -0.15) is 5.10 Å². The van der Waals surface area contributed by atoms with Gasteiger partial charge in [-0.05, 0) is 56.4 Å². The van der Waals surface area contributed by atoms with Crippen LogP contribution in [0.25, 0.3) is 0 Å². The fourth-order valence-electron chi connectivity index (χ4n) is 2.42. The van der Waals surface area contributed by atoms with Crippen LogP contribution in [0.4, 0.5) is 0 Å². The third-order valence-electron chi connectivity index (χ3n) is 4.05. The smallest absolute Gasteiger partial charge is 0.267 e. The number of hydrogen-bond donors (Lipinski definition) is 1. The second-order valence-electron chi connectivity index (χ2n) is 6.21.